The summed E-state index contributed by atoms with van der Waals surface area (Å²) in [6.07, 6.45) is 0. The Labute approximate surface area is 86.7 Å². The van der Waals surface area contributed by atoms with E-state index in [2.05, 4.69) is 5.32 Å². The molecule has 0 radical (unpaired) electrons. The maximum absolute atomic E-state index is 11.5. The minimum absolute atomic E-state index is 0.0639. The number of aryl methyl sites for hydroxylation is 1. The monoisotopic (exact) mass is 214 g/mol. The van der Waals surface area contributed by atoms with Gasteiger partial charge in [-0.1, -0.05) is 0 Å². The number of nitrogens with two attached hydrogens (primary N) is 1. The van der Waals surface area contributed by atoms with Crippen LogP contribution in [0.1, 0.15) is 21.5 Å². The molecule has 0 aliphatic heterocycles. The van der Waals surface area contributed by atoms with E-state index < -0.39 is 0 Å². The predicted molar refractivity (Wildman–Crippen MR) is 57.5 cm³/mol. The van der Waals surface area contributed by atoms with Crippen LogP contribution < -0.4 is 11.1 Å². The van der Waals surface area contributed by atoms with Gasteiger partial charge in [0.2, 0.25) is 0 Å². The number of nitrogens with one attached hydrogen (secondary N) is 1. The van der Waals surface area contributed by atoms with Crippen molar-refractivity contribution < 1.29 is 9.90 Å². The maximum atomic E-state index is 11.5. The topological polar surface area (TPSA) is 75.3 Å². The van der Waals surface area contributed by atoms with Crippen molar-refractivity contribution in [3.63, 3.8) is 0 Å². The molecule has 1 aromatic heterocycles. The highest BCUT2D eigenvalue weighted by Crippen LogP contribution is 2.23. The quantitative estimate of drug-likeness (QED) is 0.695. The number of carbonyl (C=O) groups excluding carboxylic acids is 1. The van der Waals surface area contributed by atoms with E-state index in [-0.39, 0.29) is 18.6 Å². The number of hydrogen-bond acceptors (Lipinski definition) is 4. The maximum Gasteiger partial charge on any atom is 0.261 e. The van der Waals surface area contributed by atoms with Gasteiger partial charge in [-0.2, -0.15) is 0 Å². The molecule has 1 amide bonds. The summed E-state index contributed by atoms with van der Waals surface area (Å²) < 4.78 is 0. The number of thiophene rings is 1. The molecule has 5 heteroatoms. The summed E-state index contributed by atoms with van der Waals surface area (Å²) in [4.78, 5) is 13.0. The minimum Gasteiger partial charge on any atom is -0.398 e. The molecular weight excluding hydrogens is 200 g/mol. The highest BCUT2D eigenvalue weighted by Gasteiger charge is 2.12. The summed E-state index contributed by atoms with van der Waals surface area (Å²) in [5, 5.41) is 11.4. The van der Waals surface area contributed by atoms with Crippen LogP contribution in [-0.2, 0) is 0 Å². The van der Waals surface area contributed by atoms with Crippen LogP contribution in [0.15, 0.2) is 6.07 Å². The Hall–Kier alpha value is -1.07. The number of aliphatic hydroxyl groups is 1. The van der Waals surface area contributed by atoms with Crippen molar-refractivity contribution >= 4 is 22.9 Å². The fraction of sp³-hybridized carbons (Fsp3) is 0.444. The zero-order chi connectivity index (χ0) is 10.7. The van der Waals surface area contributed by atoms with Crippen molar-refractivity contribution in [3.8, 4) is 0 Å². The lowest BCUT2D eigenvalue weighted by Crippen LogP contribution is -2.34. The predicted octanol–water partition coefficient (Wildman–Crippen LogP) is 0.749. The summed E-state index contributed by atoms with van der Waals surface area (Å²) in [5.41, 5.74) is 6.26. The highest BCUT2D eigenvalue weighted by atomic mass is 32.1. The number of hydrogen-bond donors (Lipinski definition) is 3. The average molecular weight is 214 g/mol. The van der Waals surface area contributed by atoms with Gasteiger partial charge < -0.3 is 16.2 Å². The first-order chi connectivity index (χ1) is 6.54. The van der Waals surface area contributed by atoms with E-state index in [9.17, 15) is 4.79 Å². The van der Waals surface area contributed by atoms with Gasteiger partial charge >= 0.3 is 0 Å². The summed E-state index contributed by atoms with van der Waals surface area (Å²) in [7, 11) is 0. The lowest BCUT2D eigenvalue weighted by atomic mass is 10.3. The Balaban J connectivity index is 2.70. The fourth-order valence-electron chi connectivity index (χ4n) is 0.949. The number of rotatable bonds is 3. The van der Waals surface area contributed by atoms with E-state index in [0.29, 0.717) is 10.6 Å². The molecule has 0 saturated heterocycles. The molecule has 0 spiro atoms. The molecule has 1 heterocycles. The zero-order valence-electron chi connectivity index (χ0n) is 8.20. The normalized spacial score (nSPS) is 12.5. The minimum atomic E-state index is -0.230. The molecule has 1 rings (SSSR count). The third kappa shape index (κ3) is 2.46. The van der Waals surface area contributed by atoms with Crippen molar-refractivity contribution in [2.45, 2.75) is 19.9 Å². The van der Waals surface area contributed by atoms with Gasteiger partial charge in [0, 0.05) is 16.6 Å². The molecule has 78 valence electrons. The molecule has 0 unspecified atom stereocenters. The molecule has 0 bridgehead atoms. The Bertz CT molecular complexity index is 316. The average Bonchev–Trinajstić information content (AvgIpc) is 2.47. The molecule has 1 atom stereocenters. The van der Waals surface area contributed by atoms with Crippen LogP contribution in [0.2, 0.25) is 0 Å². The second kappa shape index (κ2) is 4.43. The molecule has 0 fully saturated rings. The van der Waals surface area contributed by atoms with Crippen LogP contribution in [0.3, 0.4) is 0 Å². The Morgan fingerprint density at radius 2 is 2.43 bits per heavy atom. The highest BCUT2D eigenvalue weighted by molar-refractivity contribution is 7.14. The molecule has 1 aromatic rings. The first-order valence-electron chi connectivity index (χ1n) is 4.32. The van der Waals surface area contributed by atoms with E-state index in [1.54, 1.807) is 13.0 Å². The van der Waals surface area contributed by atoms with E-state index in [4.69, 9.17) is 10.8 Å². The molecule has 0 aliphatic rings. The number of amides is 1. The third-order valence-corrected chi connectivity index (χ3v) is 2.90. The van der Waals surface area contributed by atoms with Gasteiger partial charge in [-0.05, 0) is 19.9 Å². The van der Waals surface area contributed by atoms with Gasteiger partial charge in [-0.25, -0.2) is 0 Å². The van der Waals surface area contributed by atoms with Gasteiger partial charge in [0.05, 0.1) is 11.5 Å². The van der Waals surface area contributed by atoms with E-state index >= 15 is 0 Å². The summed E-state index contributed by atoms with van der Waals surface area (Å²) in [5.74, 6) is -0.184. The fourth-order valence-corrected chi connectivity index (χ4v) is 1.79. The summed E-state index contributed by atoms with van der Waals surface area (Å²) >= 11 is 1.36. The van der Waals surface area contributed by atoms with Crippen LogP contribution in [0.4, 0.5) is 5.69 Å². The lowest BCUT2D eigenvalue weighted by Gasteiger charge is -2.08. The Kier molecular flexibility index (Phi) is 3.49. The van der Waals surface area contributed by atoms with Gasteiger partial charge in [0.1, 0.15) is 0 Å². The second-order valence-corrected chi connectivity index (χ2v) is 4.44. The Morgan fingerprint density at radius 3 is 2.86 bits per heavy atom. The SMILES string of the molecule is Cc1sc(C(=O)N[C@H](C)CO)cc1N. The largest absolute Gasteiger partial charge is 0.398 e. The van der Waals surface area contributed by atoms with Gasteiger partial charge in [0.15, 0.2) is 0 Å². The molecule has 0 saturated carbocycles. The van der Waals surface area contributed by atoms with E-state index in [0.717, 1.165) is 4.88 Å². The lowest BCUT2D eigenvalue weighted by molar-refractivity contribution is 0.0926. The van der Waals surface area contributed by atoms with Crippen LogP contribution in [0.25, 0.3) is 0 Å². The Morgan fingerprint density at radius 1 is 1.79 bits per heavy atom. The van der Waals surface area contributed by atoms with E-state index in [1.165, 1.54) is 11.3 Å². The van der Waals surface area contributed by atoms with Crippen molar-refractivity contribution in [3.05, 3.63) is 15.8 Å². The number of carbonyl (C=O) groups is 1. The van der Waals surface area contributed by atoms with Crippen LogP contribution in [0.5, 0.6) is 0 Å². The second-order valence-electron chi connectivity index (χ2n) is 3.18. The standard InChI is InChI=1S/C9H14N2O2S/c1-5(4-12)11-9(13)8-3-7(10)6(2)14-8/h3,5,12H,4,10H2,1-2H3,(H,11,13)/t5-/m1/s1. The first-order valence-corrected chi connectivity index (χ1v) is 5.14. The molecular formula is C9H14N2O2S. The van der Waals surface area contributed by atoms with E-state index in [1.807, 2.05) is 6.92 Å². The van der Waals surface area contributed by atoms with Crippen LogP contribution in [0, 0.1) is 6.92 Å². The zero-order valence-corrected chi connectivity index (χ0v) is 9.02. The van der Waals surface area contributed by atoms with Crippen molar-refractivity contribution in [1.29, 1.82) is 0 Å². The third-order valence-electron chi connectivity index (χ3n) is 1.83. The van der Waals surface area contributed by atoms with Crippen molar-refractivity contribution in [2.75, 3.05) is 12.3 Å². The molecule has 4 nitrogen and oxygen atoms in total. The smallest absolute Gasteiger partial charge is 0.261 e. The van der Waals surface area contributed by atoms with Gasteiger partial charge in [-0.3, -0.25) is 4.79 Å². The molecule has 0 aliphatic carbocycles. The van der Waals surface area contributed by atoms with Gasteiger partial charge in [-0.15, -0.1) is 11.3 Å². The number of nitrogen functional groups attached to an aromatic ring is 1. The van der Waals surface area contributed by atoms with Gasteiger partial charge in [0.25, 0.3) is 5.91 Å². The van der Waals surface area contributed by atoms with Crippen molar-refractivity contribution in [2.24, 2.45) is 0 Å². The van der Waals surface area contributed by atoms with Crippen LogP contribution in [-0.4, -0.2) is 23.7 Å². The molecule has 4 N–H and O–H groups in total. The molecule has 14 heavy (non-hydrogen) atoms. The number of aliphatic hydroxyl groups excluding tert-OH is 1. The summed E-state index contributed by atoms with van der Waals surface area (Å²) in [6.45, 7) is 3.54. The number of anilines is 1. The summed E-state index contributed by atoms with van der Waals surface area (Å²) in [6, 6.07) is 1.42. The van der Waals surface area contributed by atoms with Crippen LogP contribution >= 0.6 is 11.3 Å². The van der Waals surface area contributed by atoms with Crippen molar-refractivity contribution in [1.82, 2.24) is 5.32 Å². The molecule has 0 aromatic carbocycles. The first kappa shape index (κ1) is 11.0.